The molecule has 1 saturated carbocycles. The lowest BCUT2D eigenvalue weighted by Gasteiger charge is -2.30. The Morgan fingerprint density at radius 3 is 2.90 bits per heavy atom. The highest BCUT2D eigenvalue weighted by molar-refractivity contribution is 5.36. The Morgan fingerprint density at radius 2 is 2.14 bits per heavy atom. The van der Waals surface area contributed by atoms with Crippen molar-refractivity contribution < 1.29 is 5.11 Å². The number of aliphatic hydroxyl groups is 1. The zero-order valence-corrected chi connectivity index (χ0v) is 12.2. The van der Waals surface area contributed by atoms with E-state index in [1.165, 1.54) is 0 Å². The van der Waals surface area contributed by atoms with E-state index < -0.39 is 0 Å². The van der Waals surface area contributed by atoms with Crippen molar-refractivity contribution in [3.8, 4) is 0 Å². The lowest BCUT2D eigenvalue weighted by Crippen LogP contribution is -2.27. The van der Waals surface area contributed by atoms with Crippen LogP contribution in [-0.4, -0.2) is 32.7 Å². The van der Waals surface area contributed by atoms with Crippen molar-refractivity contribution in [1.82, 2.24) is 15.0 Å². The van der Waals surface area contributed by atoms with Crippen molar-refractivity contribution in [2.24, 2.45) is 0 Å². The molecule has 0 atom stereocenters. The Bertz CT molecular complexity index is 611. The first kappa shape index (κ1) is 13.9. The van der Waals surface area contributed by atoms with Crippen molar-refractivity contribution in [3.05, 3.63) is 47.7 Å². The fourth-order valence-electron chi connectivity index (χ4n) is 2.58. The summed E-state index contributed by atoms with van der Waals surface area (Å²) in [5, 5.41) is 12.7. The Labute approximate surface area is 124 Å². The van der Waals surface area contributed by atoms with Crippen molar-refractivity contribution in [2.75, 3.05) is 11.9 Å². The molecular weight excluding hydrogens is 264 g/mol. The minimum absolute atomic E-state index is 0.159. The van der Waals surface area contributed by atoms with E-state index in [0.717, 1.165) is 48.7 Å². The molecule has 0 aromatic carbocycles. The molecule has 2 heterocycles. The average Bonchev–Trinajstić information content (AvgIpc) is 2.44. The third-order valence-corrected chi connectivity index (χ3v) is 3.85. The largest absolute Gasteiger partial charge is 0.393 e. The van der Waals surface area contributed by atoms with E-state index in [9.17, 15) is 5.11 Å². The van der Waals surface area contributed by atoms with Gasteiger partial charge in [-0.2, -0.15) is 0 Å². The maximum absolute atomic E-state index is 9.37. The van der Waals surface area contributed by atoms with Gasteiger partial charge in [-0.25, -0.2) is 9.97 Å². The van der Waals surface area contributed by atoms with Gasteiger partial charge in [0.1, 0.15) is 12.1 Å². The van der Waals surface area contributed by atoms with E-state index in [-0.39, 0.29) is 6.10 Å². The number of aliphatic hydroxyl groups excluding tert-OH is 1. The first-order valence-electron chi connectivity index (χ1n) is 7.37. The first-order valence-corrected chi connectivity index (χ1v) is 7.37. The third-order valence-electron chi connectivity index (χ3n) is 3.85. The molecule has 2 N–H and O–H groups in total. The number of rotatable bonds is 5. The van der Waals surface area contributed by atoms with Crippen molar-refractivity contribution in [2.45, 2.75) is 38.2 Å². The number of nitrogens with zero attached hydrogens (tertiary/aromatic N) is 3. The number of anilines is 1. The van der Waals surface area contributed by atoms with Gasteiger partial charge in [-0.1, -0.05) is 6.07 Å². The van der Waals surface area contributed by atoms with Crippen LogP contribution in [0.3, 0.4) is 0 Å². The number of hydrogen-bond acceptors (Lipinski definition) is 5. The second-order valence-electron chi connectivity index (χ2n) is 5.60. The minimum Gasteiger partial charge on any atom is -0.393 e. The second-order valence-corrected chi connectivity index (χ2v) is 5.60. The average molecular weight is 284 g/mol. The van der Waals surface area contributed by atoms with Crippen molar-refractivity contribution in [3.63, 3.8) is 0 Å². The Morgan fingerprint density at radius 1 is 1.29 bits per heavy atom. The van der Waals surface area contributed by atoms with Gasteiger partial charge in [-0.15, -0.1) is 0 Å². The number of aryl methyl sites for hydroxylation is 1. The highest BCUT2D eigenvalue weighted by Gasteiger charge is 2.29. The normalized spacial score (nSPS) is 20.9. The van der Waals surface area contributed by atoms with Crippen LogP contribution in [0.5, 0.6) is 0 Å². The summed E-state index contributed by atoms with van der Waals surface area (Å²) in [5.41, 5.74) is 3.14. The molecule has 0 radical (unpaired) electrons. The number of pyridine rings is 1. The van der Waals surface area contributed by atoms with Gasteiger partial charge in [0, 0.05) is 42.0 Å². The quantitative estimate of drug-likeness (QED) is 0.879. The van der Waals surface area contributed by atoms with Crippen LogP contribution in [0.25, 0.3) is 0 Å². The highest BCUT2D eigenvalue weighted by atomic mass is 16.3. The molecule has 2 aromatic heterocycles. The summed E-state index contributed by atoms with van der Waals surface area (Å²) in [4.78, 5) is 13.0. The lowest BCUT2D eigenvalue weighted by molar-refractivity contribution is 0.0732. The monoisotopic (exact) mass is 284 g/mol. The standard InChI is InChI=1S/C16H20N4O/c1-11-3-2-4-13(20-11)5-6-17-16-9-15(18-10-19-16)12-7-14(21)8-12/h2-4,9-10,12,14,21H,5-8H2,1H3,(H,17,18,19). The fraction of sp³-hybridized carbons (Fsp3) is 0.438. The first-order chi connectivity index (χ1) is 10.2. The van der Waals surface area contributed by atoms with E-state index in [2.05, 4.69) is 20.3 Å². The summed E-state index contributed by atoms with van der Waals surface area (Å²) in [6.07, 6.45) is 3.91. The van der Waals surface area contributed by atoms with E-state index in [0.29, 0.717) is 5.92 Å². The van der Waals surface area contributed by atoms with Crippen LogP contribution in [0, 0.1) is 6.92 Å². The van der Waals surface area contributed by atoms with Gasteiger partial charge < -0.3 is 10.4 Å². The topological polar surface area (TPSA) is 70.9 Å². The predicted octanol–water partition coefficient (Wildman–Crippen LogP) is 2.07. The number of hydrogen-bond donors (Lipinski definition) is 2. The Balaban J connectivity index is 1.54. The van der Waals surface area contributed by atoms with Gasteiger partial charge in [0.2, 0.25) is 0 Å². The fourth-order valence-corrected chi connectivity index (χ4v) is 2.58. The summed E-state index contributed by atoms with van der Waals surface area (Å²) in [6, 6.07) is 8.05. The predicted molar refractivity (Wildman–Crippen MR) is 81.2 cm³/mol. The van der Waals surface area contributed by atoms with E-state index in [4.69, 9.17) is 0 Å². The molecule has 2 aromatic rings. The third kappa shape index (κ3) is 3.55. The zero-order chi connectivity index (χ0) is 14.7. The number of aromatic nitrogens is 3. The molecule has 0 bridgehead atoms. The Hall–Kier alpha value is -2.01. The van der Waals surface area contributed by atoms with E-state index in [1.54, 1.807) is 6.33 Å². The van der Waals surface area contributed by atoms with Gasteiger partial charge >= 0.3 is 0 Å². The van der Waals surface area contributed by atoms with Gasteiger partial charge in [0.15, 0.2) is 0 Å². The van der Waals surface area contributed by atoms with Crippen LogP contribution in [0.1, 0.15) is 35.8 Å². The molecular formula is C16H20N4O. The van der Waals surface area contributed by atoms with Crippen LogP contribution < -0.4 is 5.32 Å². The summed E-state index contributed by atoms with van der Waals surface area (Å²) < 4.78 is 0. The minimum atomic E-state index is -0.159. The molecule has 1 aliphatic rings. The summed E-state index contributed by atoms with van der Waals surface area (Å²) in [7, 11) is 0. The van der Waals surface area contributed by atoms with Crippen LogP contribution in [0.15, 0.2) is 30.6 Å². The number of nitrogens with one attached hydrogen (secondary N) is 1. The molecule has 5 heteroatoms. The van der Waals surface area contributed by atoms with Crippen LogP contribution in [-0.2, 0) is 6.42 Å². The molecule has 1 aliphatic carbocycles. The molecule has 5 nitrogen and oxygen atoms in total. The smallest absolute Gasteiger partial charge is 0.129 e. The summed E-state index contributed by atoms with van der Waals surface area (Å²) >= 11 is 0. The van der Waals surface area contributed by atoms with Crippen molar-refractivity contribution >= 4 is 5.82 Å². The molecule has 0 amide bonds. The molecule has 1 fully saturated rings. The molecule has 110 valence electrons. The molecule has 0 saturated heterocycles. The van der Waals surface area contributed by atoms with E-state index >= 15 is 0 Å². The highest BCUT2D eigenvalue weighted by Crippen LogP contribution is 2.35. The molecule has 0 spiro atoms. The lowest BCUT2D eigenvalue weighted by atomic mass is 9.80. The summed E-state index contributed by atoms with van der Waals surface area (Å²) in [6.45, 7) is 2.79. The van der Waals surface area contributed by atoms with Gasteiger partial charge in [0.25, 0.3) is 0 Å². The SMILES string of the molecule is Cc1cccc(CCNc2cc(C3CC(O)C3)ncn2)n1. The molecule has 0 unspecified atom stereocenters. The van der Waals surface area contributed by atoms with Crippen molar-refractivity contribution in [1.29, 1.82) is 0 Å². The Kier molecular flexibility index (Phi) is 4.10. The maximum atomic E-state index is 9.37. The maximum Gasteiger partial charge on any atom is 0.129 e. The summed E-state index contributed by atoms with van der Waals surface area (Å²) in [5.74, 6) is 1.22. The van der Waals surface area contributed by atoms with Gasteiger partial charge in [-0.3, -0.25) is 4.98 Å². The van der Waals surface area contributed by atoms with Crippen LogP contribution in [0.2, 0.25) is 0 Å². The van der Waals surface area contributed by atoms with Crippen LogP contribution in [0.4, 0.5) is 5.82 Å². The van der Waals surface area contributed by atoms with Gasteiger partial charge in [0.05, 0.1) is 6.10 Å². The molecule has 21 heavy (non-hydrogen) atoms. The molecule has 0 aliphatic heterocycles. The van der Waals surface area contributed by atoms with Gasteiger partial charge in [-0.05, 0) is 31.9 Å². The molecule has 3 rings (SSSR count). The van der Waals surface area contributed by atoms with Crippen LogP contribution >= 0.6 is 0 Å². The second kappa shape index (κ2) is 6.18. The van der Waals surface area contributed by atoms with E-state index in [1.807, 2.05) is 31.2 Å². The zero-order valence-electron chi connectivity index (χ0n) is 12.2.